The second kappa shape index (κ2) is 5.29. The van der Waals surface area contributed by atoms with Crippen molar-refractivity contribution in [3.8, 4) is 0 Å². The molecule has 1 aromatic rings. The van der Waals surface area contributed by atoms with E-state index < -0.39 is 6.10 Å². The lowest BCUT2D eigenvalue weighted by molar-refractivity contribution is 0.0563. The minimum atomic E-state index is -0.440. The van der Waals surface area contributed by atoms with E-state index in [0.29, 0.717) is 6.61 Å². The number of hydrogen-bond donors (Lipinski definition) is 1. The van der Waals surface area contributed by atoms with Gasteiger partial charge in [-0.25, -0.2) is 0 Å². The minimum absolute atomic E-state index is 0.121. The molecule has 0 spiro atoms. The van der Waals surface area contributed by atoms with Crippen LogP contribution in [0.2, 0.25) is 0 Å². The Bertz CT molecular complexity index is 320. The van der Waals surface area contributed by atoms with Crippen LogP contribution in [0.1, 0.15) is 29.7 Å². The molecule has 0 aliphatic heterocycles. The number of benzene rings is 1. The van der Waals surface area contributed by atoms with Gasteiger partial charge in [-0.3, -0.25) is 0 Å². The number of methoxy groups -OCH3 is 1. The average molecular weight is 208 g/mol. The highest BCUT2D eigenvalue weighted by Crippen LogP contribution is 2.25. The lowest BCUT2D eigenvalue weighted by atomic mass is 9.93. The third-order valence-electron chi connectivity index (χ3n) is 2.72. The average Bonchev–Trinajstić information content (AvgIpc) is 2.21. The molecule has 2 unspecified atom stereocenters. The fourth-order valence-corrected chi connectivity index (χ4v) is 1.74. The molecule has 0 fully saturated rings. The molecule has 0 radical (unpaired) electrons. The molecule has 2 atom stereocenters. The van der Waals surface area contributed by atoms with E-state index in [1.54, 1.807) is 7.11 Å². The Balaban J connectivity index is 2.89. The SMILES string of the molecule is COCC(C)C(O)c1cc(C)ccc1C. The number of hydrogen-bond acceptors (Lipinski definition) is 2. The van der Waals surface area contributed by atoms with Crippen LogP contribution in [0.15, 0.2) is 18.2 Å². The van der Waals surface area contributed by atoms with Crippen molar-refractivity contribution in [3.63, 3.8) is 0 Å². The zero-order valence-corrected chi connectivity index (χ0v) is 9.95. The number of aliphatic hydroxyl groups is 1. The van der Waals surface area contributed by atoms with Crippen LogP contribution in [-0.4, -0.2) is 18.8 Å². The lowest BCUT2D eigenvalue weighted by Gasteiger charge is -2.20. The van der Waals surface area contributed by atoms with Gasteiger partial charge in [0.25, 0.3) is 0 Å². The maximum Gasteiger partial charge on any atom is 0.0840 e. The van der Waals surface area contributed by atoms with Gasteiger partial charge in [0.2, 0.25) is 0 Å². The molecule has 2 heteroatoms. The Morgan fingerprint density at radius 2 is 2.00 bits per heavy atom. The molecule has 0 heterocycles. The molecule has 1 rings (SSSR count). The van der Waals surface area contributed by atoms with Crippen molar-refractivity contribution < 1.29 is 9.84 Å². The highest BCUT2D eigenvalue weighted by Gasteiger charge is 2.17. The standard InChI is InChI=1S/C13H20O2/c1-9-5-6-10(2)12(7-9)13(14)11(3)8-15-4/h5-7,11,13-14H,8H2,1-4H3. The van der Waals surface area contributed by atoms with Crippen LogP contribution >= 0.6 is 0 Å². The van der Waals surface area contributed by atoms with Gasteiger partial charge in [-0.15, -0.1) is 0 Å². The van der Waals surface area contributed by atoms with Gasteiger partial charge in [0.15, 0.2) is 0 Å². The van der Waals surface area contributed by atoms with Crippen LogP contribution in [0.5, 0.6) is 0 Å². The van der Waals surface area contributed by atoms with Gasteiger partial charge >= 0.3 is 0 Å². The number of aryl methyl sites for hydroxylation is 2. The smallest absolute Gasteiger partial charge is 0.0840 e. The second-order valence-electron chi connectivity index (χ2n) is 4.24. The van der Waals surface area contributed by atoms with Crippen LogP contribution in [0.4, 0.5) is 0 Å². The van der Waals surface area contributed by atoms with Crippen LogP contribution in [0.3, 0.4) is 0 Å². The first-order chi connectivity index (χ1) is 7.06. The van der Waals surface area contributed by atoms with Gasteiger partial charge in [-0.1, -0.05) is 30.7 Å². The first kappa shape index (κ1) is 12.2. The third kappa shape index (κ3) is 3.05. The first-order valence-corrected chi connectivity index (χ1v) is 5.30. The van der Waals surface area contributed by atoms with Crippen LogP contribution in [0, 0.1) is 19.8 Å². The summed E-state index contributed by atoms with van der Waals surface area (Å²) in [4.78, 5) is 0. The monoisotopic (exact) mass is 208 g/mol. The maximum absolute atomic E-state index is 10.1. The summed E-state index contributed by atoms with van der Waals surface area (Å²) in [5.74, 6) is 0.121. The summed E-state index contributed by atoms with van der Waals surface area (Å²) < 4.78 is 5.06. The summed E-state index contributed by atoms with van der Waals surface area (Å²) in [7, 11) is 1.66. The van der Waals surface area contributed by atoms with E-state index >= 15 is 0 Å². The number of ether oxygens (including phenoxy) is 1. The molecular formula is C13H20O2. The third-order valence-corrected chi connectivity index (χ3v) is 2.72. The van der Waals surface area contributed by atoms with Crippen LogP contribution < -0.4 is 0 Å². The van der Waals surface area contributed by atoms with Crippen molar-refractivity contribution in [2.24, 2.45) is 5.92 Å². The fraction of sp³-hybridized carbons (Fsp3) is 0.538. The lowest BCUT2D eigenvalue weighted by Crippen LogP contribution is -2.15. The zero-order valence-electron chi connectivity index (χ0n) is 9.95. The van der Waals surface area contributed by atoms with Gasteiger partial charge in [0, 0.05) is 13.0 Å². The van der Waals surface area contributed by atoms with Crippen molar-refractivity contribution in [2.75, 3.05) is 13.7 Å². The van der Waals surface area contributed by atoms with E-state index in [1.807, 2.05) is 32.9 Å². The maximum atomic E-state index is 10.1. The molecule has 0 aliphatic rings. The van der Waals surface area contributed by atoms with Crippen molar-refractivity contribution in [1.29, 1.82) is 0 Å². The molecule has 0 aliphatic carbocycles. The van der Waals surface area contributed by atoms with Gasteiger partial charge in [0.05, 0.1) is 12.7 Å². The fourth-order valence-electron chi connectivity index (χ4n) is 1.74. The van der Waals surface area contributed by atoms with E-state index in [0.717, 1.165) is 11.1 Å². The van der Waals surface area contributed by atoms with Gasteiger partial charge in [-0.2, -0.15) is 0 Å². The number of rotatable bonds is 4. The van der Waals surface area contributed by atoms with Crippen LogP contribution in [0.25, 0.3) is 0 Å². The van der Waals surface area contributed by atoms with E-state index in [9.17, 15) is 5.11 Å². The molecule has 2 nitrogen and oxygen atoms in total. The predicted molar refractivity (Wildman–Crippen MR) is 61.9 cm³/mol. The van der Waals surface area contributed by atoms with E-state index in [1.165, 1.54) is 5.56 Å². The molecule has 0 aromatic heterocycles. The molecule has 0 saturated carbocycles. The van der Waals surface area contributed by atoms with E-state index in [4.69, 9.17) is 4.74 Å². The molecule has 0 amide bonds. The van der Waals surface area contributed by atoms with Crippen molar-refractivity contribution in [3.05, 3.63) is 34.9 Å². The van der Waals surface area contributed by atoms with Gasteiger partial charge in [0.1, 0.15) is 0 Å². The van der Waals surface area contributed by atoms with Crippen molar-refractivity contribution in [1.82, 2.24) is 0 Å². The molecule has 84 valence electrons. The largest absolute Gasteiger partial charge is 0.388 e. The Morgan fingerprint density at radius 3 is 2.60 bits per heavy atom. The Morgan fingerprint density at radius 1 is 1.33 bits per heavy atom. The summed E-state index contributed by atoms with van der Waals surface area (Å²) in [5.41, 5.74) is 3.33. The Hall–Kier alpha value is -0.860. The first-order valence-electron chi connectivity index (χ1n) is 5.30. The van der Waals surface area contributed by atoms with Gasteiger partial charge in [-0.05, 0) is 25.0 Å². The zero-order chi connectivity index (χ0) is 11.4. The summed E-state index contributed by atoms with van der Waals surface area (Å²) in [5, 5.41) is 10.1. The molecule has 1 aromatic carbocycles. The van der Waals surface area contributed by atoms with E-state index in [-0.39, 0.29) is 5.92 Å². The molecular weight excluding hydrogens is 188 g/mol. The van der Waals surface area contributed by atoms with Crippen molar-refractivity contribution in [2.45, 2.75) is 26.9 Å². The molecule has 0 bridgehead atoms. The highest BCUT2D eigenvalue weighted by molar-refractivity contribution is 5.32. The summed E-state index contributed by atoms with van der Waals surface area (Å²) >= 11 is 0. The topological polar surface area (TPSA) is 29.5 Å². The quantitative estimate of drug-likeness (QED) is 0.824. The predicted octanol–water partition coefficient (Wildman–Crippen LogP) is 2.62. The van der Waals surface area contributed by atoms with E-state index in [2.05, 4.69) is 6.07 Å². The van der Waals surface area contributed by atoms with Gasteiger partial charge < -0.3 is 9.84 Å². The molecule has 1 N–H and O–H groups in total. The van der Waals surface area contributed by atoms with Crippen LogP contribution in [-0.2, 0) is 4.74 Å². The summed E-state index contributed by atoms with van der Waals surface area (Å²) in [6.45, 7) is 6.64. The Labute approximate surface area is 91.9 Å². The molecule has 15 heavy (non-hydrogen) atoms. The molecule has 0 saturated heterocycles. The Kier molecular flexibility index (Phi) is 4.30. The summed E-state index contributed by atoms with van der Waals surface area (Å²) in [6, 6.07) is 6.16. The van der Waals surface area contributed by atoms with Crippen molar-refractivity contribution >= 4 is 0 Å². The normalized spacial score (nSPS) is 15.0. The number of aliphatic hydroxyl groups excluding tert-OH is 1. The minimum Gasteiger partial charge on any atom is -0.388 e. The highest BCUT2D eigenvalue weighted by atomic mass is 16.5. The summed E-state index contributed by atoms with van der Waals surface area (Å²) in [6.07, 6.45) is -0.440. The second-order valence-corrected chi connectivity index (χ2v) is 4.24.